The normalized spacial score (nSPS) is 18.3. The van der Waals surface area contributed by atoms with Crippen molar-refractivity contribution in [3.63, 3.8) is 0 Å². The number of ether oxygens (including phenoxy) is 2. The molecule has 0 aliphatic carbocycles. The molecule has 3 N–H and O–H groups in total. The molecule has 0 radical (unpaired) electrons. The van der Waals surface area contributed by atoms with Crippen molar-refractivity contribution >= 4 is 17.5 Å². The van der Waals surface area contributed by atoms with E-state index in [0.29, 0.717) is 18.1 Å². The predicted molar refractivity (Wildman–Crippen MR) is 62.8 cm³/mol. The summed E-state index contributed by atoms with van der Waals surface area (Å²) in [5.41, 5.74) is 6.49. The third kappa shape index (κ3) is 2.65. The van der Waals surface area contributed by atoms with Gasteiger partial charge in [0.25, 0.3) is 0 Å². The van der Waals surface area contributed by atoms with E-state index in [1.54, 1.807) is 6.07 Å². The van der Waals surface area contributed by atoms with Gasteiger partial charge in [0, 0.05) is 13.2 Å². The SMILES string of the molecule is COC(=O)c1ccc(N)c(NC[C@H]2CCO2)n1. The van der Waals surface area contributed by atoms with Crippen molar-refractivity contribution in [2.75, 3.05) is 31.3 Å². The van der Waals surface area contributed by atoms with Crippen LogP contribution in [-0.4, -0.2) is 37.3 Å². The molecular formula is C11H15N3O3. The maximum Gasteiger partial charge on any atom is 0.356 e. The topological polar surface area (TPSA) is 86.5 Å². The number of hydrogen-bond acceptors (Lipinski definition) is 6. The molecule has 0 spiro atoms. The number of carbonyl (C=O) groups is 1. The second-order valence-corrected chi connectivity index (χ2v) is 3.79. The smallest absolute Gasteiger partial charge is 0.356 e. The van der Waals surface area contributed by atoms with Gasteiger partial charge in [-0.15, -0.1) is 0 Å². The Hall–Kier alpha value is -1.82. The van der Waals surface area contributed by atoms with Crippen molar-refractivity contribution in [1.29, 1.82) is 0 Å². The number of nitrogens with one attached hydrogen (secondary N) is 1. The summed E-state index contributed by atoms with van der Waals surface area (Å²) >= 11 is 0. The number of nitrogens with two attached hydrogens (primary N) is 1. The summed E-state index contributed by atoms with van der Waals surface area (Å²) < 4.78 is 9.86. The number of pyridine rings is 1. The molecule has 92 valence electrons. The molecule has 0 saturated carbocycles. The zero-order valence-electron chi connectivity index (χ0n) is 9.60. The lowest BCUT2D eigenvalue weighted by atomic mass is 10.2. The van der Waals surface area contributed by atoms with E-state index in [9.17, 15) is 4.79 Å². The van der Waals surface area contributed by atoms with Gasteiger partial charge in [0.15, 0.2) is 5.69 Å². The second-order valence-electron chi connectivity index (χ2n) is 3.79. The molecular weight excluding hydrogens is 222 g/mol. The van der Waals surface area contributed by atoms with Gasteiger partial charge in [-0.3, -0.25) is 0 Å². The fourth-order valence-corrected chi connectivity index (χ4v) is 1.49. The van der Waals surface area contributed by atoms with E-state index in [1.165, 1.54) is 13.2 Å². The Balaban J connectivity index is 2.05. The molecule has 17 heavy (non-hydrogen) atoms. The van der Waals surface area contributed by atoms with E-state index in [-0.39, 0.29) is 11.8 Å². The molecule has 0 aromatic carbocycles. The molecule has 2 heterocycles. The molecule has 1 saturated heterocycles. The molecule has 1 aromatic heterocycles. The van der Waals surface area contributed by atoms with Gasteiger partial charge in [-0.25, -0.2) is 9.78 Å². The Labute approximate surface area is 99.1 Å². The second kappa shape index (κ2) is 5.01. The van der Waals surface area contributed by atoms with E-state index in [2.05, 4.69) is 15.0 Å². The summed E-state index contributed by atoms with van der Waals surface area (Å²) in [7, 11) is 1.32. The Morgan fingerprint density at radius 2 is 2.47 bits per heavy atom. The third-order valence-corrected chi connectivity index (χ3v) is 2.61. The van der Waals surface area contributed by atoms with Crippen LogP contribution in [0.15, 0.2) is 12.1 Å². The van der Waals surface area contributed by atoms with Gasteiger partial charge in [-0.2, -0.15) is 0 Å². The molecule has 6 nitrogen and oxygen atoms in total. The molecule has 1 atom stereocenters. The van der Waals surface area contributed by atoms with Crippen LogP contribution in [0.4, 0.5) is 11.5 Å². The number of esters is 1. The molecule has 0 bridgehead atoms. The lowest BCUT2D eigenvalue weighted by Gasteiger charge is -2.26. The molecule has 1 aliphatic rings. The van der Waals surface area contributed by atoms with Crippen LogP contribution < -0.4 is 11.1 Å². The standard InChI is InChI=1S/C11H15N3O3/c1-16-11(15)9-3-2-8(12)10(14-9)13-6-7-4-5-17-7/h2-3,7H,4-6,12H2,1H3,(H,13,14)/t7-/m1/s1. The zero-order valence-corrected chi connectivity index (χ0v) is 9.60. The molecule has 1 aliphatic heterocycles. The fourth-order valence-electron chi connectivity index (χ4n) is 1.49. The largest absolute Gasteiger partial charge is 0.464 e. The minimum absolute atomic E-state index is 0.206. The first-order chi connectivity index (χ1) is 8.20. The van der Waals surface area contributed by atoms with E-state index in [0.717, 1.165) is 13.0 Å². The van der Waals surface area contributed by atoms with Crippen molar-refractivity contribution in [3.05, 3.63) is 17.8 Å². The summed E-state index contributed by atoms with van der Waals surface area (Å²) in [6.45, 7) is 1.44. The first-order valence-electron chi connectivity index (χ1n) is 5.41. The maximum atomic E-state index is 11.3. The average Bonchev–Trinajstić information content (AvgIpc) is 2.28. The fraction of sp³-hybridized carbons (Fsp3) is 0.455. The number of nitrogen functional groups attached to an aromatic ring is 1. The van der Waals surface area contributed by atoms with E-state index < -0.39 is 5.97 Å². The molecule has 2 rings (SSSR count). The number of rotatable bonds is 4. The predicted octanol–water partition coefficient (Wildman–Crippen LogP) is 0.651. The summed E-state index contributed by atoms with van der Waals surface area (Å²) in [6.07, 6.45) is 1.24. The van der Waals surface area contributed by atoms with E-state index in [4.69, 9.17) is 10.5 Å². The summed E-state index contributed by atoms with van der Waals surface area (Å²) in [5, 5.41) is 3.07. The number of methoxy groups -OCH3 is 1. The Kier molecular flexibility index (Phi) is 3.43. The third-order valence-electron chi connectivity index (χ3n) is 2.61. The van der Waals surface area contributed by atoms with E-state index >= 15 is 0 Å². The van der Waals surface area contributed by atoms with Gasteiger partial charge < -0.3 is 20.5 Å². The van der Waals surface area contributed by atoms with Crippen LogP contribution in [0.5, 0.6) is 0 Å². The molecule has 1 fully saturated rings. The minimum Gasteiger partial charge on any atom is -0.464 e. The number of anilines is 2. The highest BCUT2D eigenvalue weighted by Crippen LogP contribution is 2.18. The van der Waals surface area contributed by atoms with E-state index in [1.807, 2.05) is 0 Å². The molecule has 6 heteroatoms. The Morgan fingerprint density at radius 3 is 3.06 bits per heavy atom. The Morgan fingerprint density at radius 1 is 1.71 bits per heavy atom. The highest BCUT2D eigenvalue weighted by molar-refractivity contribution is 5.88. The zero-order chi connectivity index (χ0) is 12.3. The monoisotopic (exact) mass is 237 g/mol. The highest BCUT2D eigenvalue weighted by atomic mass is 16.5. The van der Waals surface area contributed by atoms with Crippen molar-refractivity contribution in [1.82, 2.24) is 4.98 Å². The summed E-state index contributed by atoms with van der Waals surface area (Å²) in [5.74, 6) is 0.0105. The van der Waals surface area contributed by atoms with Crippen molar-refractivity contribution in [2.45, 2.75) is 12.5 Å². The molecule has 1 aromatic rings. The highest BCUT2D eigenvalue weighted by Gasteiger charge is 2.18. The van der Waals surface area contributed by atoms with Crippen LogP contribution in [0.25, 0.3) is 0 Å². The van der Waals surface area contributed by atoms with Crippen LogP contribution >= 0.6 is 0 Å². The Bertz CT molecular complexity index is 418. The number of aromatic nitrogens is 1. The minimum atomic E-state index is -0.479. The van der Waals surface area contributed by atoms with Crippen molar-refractivity contribution in [3.8, 4) is 0 Å². The molecule has 0 unspecified atom stereocenters. The van der Waals surface area contributed by atoms with Gasteiger partial charge in [-0.05, 0) is 18.6 Å². The number of carbonyl (C=O) groups excluding carboxylic acids is 1. The maximum absolute atomic E-state index is 11.3. The van der Waals surface area contributed by atoms with Crippen molar-refractivity contribution in [2.24, 2.45) is 0 Å². The first kappa shape index (κ1) is 11.7. The lowest BCUT2D eigenvalue weighted by Crippen LogP contribution is -2.33. The van der Waals surface area contributed by atoms with Crippen LogP contribution in [0.1, 0.15) is 16.9 Å². The van der Waals surface area contributed by atoms with Crippen LogP contribution in [0.2, 0.25) is 0 Å². The van der Waals surface area contributed by atoms with Gasteiger partial charge >= 0.3 is 5.97 Å². The van der Waals surface area contributed by atoms with Crippen LogP contribution in [-0.2, 0) is 9.47 Å². The quantitative estimate of drug-likeness (QED) is 0.748. The van der Waals surface area contributed by atoms with Gasteiger partial charge in [0.05, 0.1) is 18.9 Å². The molecule has 0 amide bonds. The van der Waals surface area contributed by atoms with Gasteiger partial charge in [0.2, 0.25) is 0 Å². The van der Waals surface area contributed by atoms with Crippen LogP contribution in [0.3, 0.4) is 0 Å². The summed E-state index contributed by atoms with van der Waals surface area (Å²) in [4.78, 5) is 15.4. The summed E-state index contributed by atoms with van der Waals surface area (Å²) in [6, 6.07) is 3.16. The number of nitrogens with zero attached hydrogens (tertiary/aromatic N) is 1. The van der Waals surface area contributed by atoms with Gasteiger partial charge in [-0.1, -0.05) is 0 Å². The average molecular weight is 237 g/mol. The number of hydrogen-bond donors (Lipinski definition) is 2. The van der Waals surface area contributed by atoms with Crippen LogP contribution in [0, 0.1) is 0 Å². The first-order valence-corrected chi connectivity index (χ1v) is 5.41. The lowest BCUT2D eigenvalue weighted by molar-refractivity contribution is -0.0410. The van der Waals surface area contributed by atoms with Crippen molar-refractivity contribution < 1.29 is 14.3 Å². The van der Waals surface area contributed by atoms with Gasteiger partial charge in [0.1, 0.15) is 5.82 Å².